The van der Waals surface area contributed by atoms with Gasteiger partial charge in [-0.15, -0.1) is 0 Å². The van der Waals surface area contributed by atoms with E-state index in [1.54, 1.807) is 6.08 Å². The number of aliphatic hydroxyl groups excluding tert-OH is 11. The van der Waals surface area contributed by atoms with Gasteiger partial charge < -0.3 is 89.9 Å². The van der Waals surface area contributed by atoms with Gasteiger partial charge in [0.15, 0.2) is 18.9 Å². The van der Waals surface area contributed by atoms with Crippen molar-refractivity contribution >= 4 is 5.91 Å². The van der Waals surface area contributed by atoms with E-state index >= 15 is 0 Å². The minimum absolute atomic E-state index is 0.250. The van der Waals surface area contributed by atoms with E-state index in [2.05, 4.69) is 19.2 Å². The molecular formula is C77H147NO18. The number of aliphatic hydroxyl groups is 11. The zero-order chi connectivity index (χ0) is 69.6. The molecule has 19 heteroatoms. The molecule has 0 aromatic carbocycles. The number of carbonyl (C=O) groups is 1. The van der Waals surface area contributed by atoms with Crippen LogP contribution in [0.2, 0.25) is 0 Å². The molecule has 3 rings (SSSR count). The lowest BCUT2D eigenvalue weighted by Gasteiger charge is -2.48. The van der Waals surface area contributed by atoms with Gasteiger partial charge in [-0.2, -0.15) is 0 Å². The van der Waals surface area contributed by atoms with E-state index in [9.17, 15) is 61.0 Å². The van der Waals surface area contributed by atoms with Gasteiger partial charge in [-0.25, -0.2) is 0 Å². The Hall–Kier alpha value is -1.47. The maximum Gasteiger partial charge on any atom is 0.220 e. The van der Waals surface area contributed by atoms with Crippen LogP contribution in [-0.2, 0) is 33.2 Å². The van der Waals surface area contributed by atoms with Crippen LogP contribution in [0.25, 0.3) is 0 Å². The molecule has 96 heavy (non-hydrogen) atoms. The third-order valence-corrected chi connectivity index (χ3v) is 20.3. The first-order chi connectivity index (χ1) is 46.8. The average Bonchev–Trinajstić information content (AvgIpc) is 0.798. The lowest BCUT2D eigenvalue weighted by Crippen LogP contribution is -2.66. The molecule has 0 saturated carbocycles. The summed E-state index contributed by atoms with van der Waals surface area (Å²) in [6.45, 7) is 1.80. The Bertz CT molecular complexity index is 1790. The van der Waals surface area contributed by atoms with E-state index in [1.807, 2.05) is 6.08 Å². The fourth-order valence-electron chi connectivity index (χ4n) is 13.9. The molecule has 3 aliphatic rings. The first-order valence-corrected chi connectivity index (χ1v) is 39.9. The second-order valence-electron chi connectivity index (χ2n) is 28.9. The maximum atomic E-state index is 13.5. The molecule has 0 spiro atoms. The molecule has 17 atom stereocenters. The Morgan fingerprint density at radius 2 is 0.646 bits per heavy atom. The zero-order valence-corrected chi connectivity index (χ0v) is 60.6. The number of unbranched alkanes of at least 4 members (excludes halogenated alkanes) is 48. The summed E-state index contributed by atoms with van der Waals surface area (Å²) in [6, 6.07) is -0.970. The average molecular weight is 1380 g/mol. The third-order valence-electron chi connectivity index (χ3n) is 20.3. The van der Waals surface area contributed by atoms with Crippen molar-refractivity contribution in [3.8, 4) is 0 Å². The van der Waals surface area contributed by atoms with E-state index in [4.69, 9.17) is 28.4 Å². The van der Waals surface area contributed by atoms with Crippen molar-refractivity contribution < 1.29 is 89.4 Å². The molecule has 3 fully saturated rings. The number of nitrogens with one attached hydrogen (secondary N) is 1. The molecule has 3 heterocycles. The van der Waals surface area contributed by atoms with Crippen molar-refractivity contribution in [1.29, 1.82) is 0 Å². The molecule has 17 unspecified atom stereocenters. The molecule has 0 aromatic rings. The smallest absolute Gasteiger partial charge is 0.220 e. The van der Waals surface area contributed by atoms with Crippen LogP contribution >= 0.6 is 0 Å². The Morgan fingerprint density at radius 3 is 0.979 bits per heavy atom. The molecular weight excluding hydrogens is 1230 g/mol. The van der Waals surface area contributed by atoms with E-state index < -0.39 is 124 Å². The Kier molecular flexibility index (Phi) is 54.5. The summed E-state index contributed by atoms with van der Waals surface area (Å²) in [5.41, 5.74) is 0. The number of amides is 1. The molecule has 19 nitrogen and oxygen atoms in total. The number of hydrogen-bond acceptors (Lipinski definition) is 18. The van der Waals surface area contributed by atoms with Gasteiger partial charge in [-0.3, -0.25) is 4.79 Å². The van der Waals surface area contributed by atoms with Crippen LogP contribution in [0.15, 0.2) is 12.2 Å². The molecule has 12 N–H and O–H groups in total. The van der Waals surface area contributed by atoms with Crippen LogP contribution in [0.5, 0.6) is 0 Å². The van der Waals surface area contributed by atoms with Gasteiger partial charge in [0.05, 0.1) is 38.6 Å². The van der Waals surface area contributed by atoms with E-state index in [1.165, 1.54) is 270 Å². The molecule has 3 saturated heterocycles. The summed E-state index contributed by atoms with van der Waals surface area (Å²) in [5.74, 6) is -0.267. The Labute approximate surface area is 582 Å². The SMILES string of the molecule is CCCCCCCCCCCCCCCCCCCCCCCCCCC/C=C/C(O)C(COC1OC(CO)C(OC2OC(CO)C(OC3OC(CO)C(O)C(O)C3O)C(O)C2O)C(O)C1O)NC(=O)CCCCCCCCCCCCCCCCCCCCCCCCCC. The van der Waals surface area contributed by atoms with Crippen LogP contribution in [0.1, 0.15) is 341 Å². The minimum atomic E-state index is -1.98. The lowest BCUT2D eigenvalue weighted by molar-refractivity contribution is -0.379. The summed E-state index contributed by atoms with van der Waals surface area (Å²) < 4.78 is 34.5. The molecule has 0 radical (unpaired) electrons. The van der Waals surface area contributed by atoms with Crippen molar-refractivity contribution in [2.45, 2.75) is 446 Å². The van der Waals surface area contributed by atoms with Crippen molar-refractivity contribution in [1.82, 2.24) is 5.32 Å². The second kappa shape index (κ2) is 59.0. The van der Waals surface area contributed by atoms with E-state index in [0.717, 1.165) is 44.9 Å². The van der Waals surface area contributed by atoms with Crippen molar-refractivity contribution in [3.05, 3.63) is 12.2 Å². The van der Waals surface area contributed by atoms with Crippen molar-refractivity contribution in [3.63, 3.8) is 0 Å². The normalized spacial score (nSPS) is 27.0. The molecule has 0 bridgehead atoms. The molecule has 0 aromatic heterocycles. The highest BCUT2D eigenvalue weighted by molar-refractivity contribution is 5.76. The van der Waals surface area contributed by atoms with E-state index in [-0.39, 0.29) is 18.9 Å². The predicted molar refractivity (Wildman–Crippen MR) is 379 cm³/mol. The summed E-state index contributed by atoms with van der Waals surface area (Å²) in [5, 5.41) is 121. The van der Waals surface area contributed by atoms with Gasteiger partial charge in [0.2, 0.25) is 5.91 Å². The van der Waals surface area contributed by atoms with Crippen LogP contribution in [0.3, 0.4) is 0 Å². The Morgan fingerprint density at radius 1 is 0.365 bits per heavy atom. The summed E-state index contributed by atoms with van der Waals surface area (Å²) >= 11 is 0. The zero-order valence-electron chi connectivity index (χ0n) is 60.6. The van der Waals surface area contributed by atoms with Crippen molar-refractivity contribution in [2.24, 2.45) is 0 Å². The standard InChI is InChI=1S/C77H147NO18/c1-3-5-7-9-11-13-15-17-19-21-23-25-27-29-30-31-32-34-36-38-40-42-44-46-48-50-52-54-61(82)60(78-65(83)55-53-51-49-47-45-43-41-39-37-35-33-28-26-24-22-20-18-16-14-12-10-8-6-4-2)59-91-75-71(89)68(86)73(63(57-80)93-75)96-77-72(90)69(87)74(64(58-81)94-77)95-76-70(88)67(85)66(84)62(56-79)92-76/h52,54,60-64,66-77,79-82,84-90H,3-51,53,55-59H2,1-2H3,(H,78,83)/b54-52+. The number of carbonyl (C=O) groups excluding carboxylic acids is 1. The van der Waals surface area contributed by atoms with Crippen molar-refractivity contribution in [2.75, 3.05) is 26.4 Å². The molecule has 568 valence electrons. The third kappa shape index (κ3) is 39.3. The highest BCUT2D eigenvalue weighted by Crippen LogP contribution is 2.33. The van der Waals surface area contributed by atoms with Crippen LogP contribution in [-0.4, -0.2) is 193 Å². The van der Waals surface area contributed by atoms with E-state index in [0.29, 0.717) is 6.42 Å². The number of allylic oxidation sites excluding steroid dienone is 1. The molecule has 0 aliphatic carbocycles. The maximum absolute atomic E-state index is 13.5. The Balaban J connectivity index is 1.39. The van der Waals surface area contributed by atoms with Gasteiger partial charge >= 0.3 is 0 Å². The minimum Gasteiger partial charge on any atom is -0.394 e. The monoisotopic (exact) mass is 1370 g/mol. The largest absolute Gasteiger partial charge is 0.394 e. The van der Waals surface area contributed by atoms with Crippen LogP contribution in [0, 0.1) is 0 Å². The number of ether oxygens (including phenoxy) is 6. The molecule has 1 amide bonds. The fraction of sp³-hybridized carbons (Fsp3) is 0.961. The highest BCUT2D eigenvalue weighted by atomic mass is 16.8. The van der Waals surface area contributed by atoms with Gasteiger partial charge in [0.1, 0.15) is 73.2 Å². The topological polar surface area (TPSA) is 307 Å². The lowest BCUT2D eigenvalue weighted by atomic mass is 9.96. The first-order valence-electron chi connectivity index (χ1n) is 39.9. The van der Waals surface area contributed by atoms with Gasteiger partial charge in [0, 0.05) is 6.42 Å². The number of rotatable bonds is 64. The van der Waals surface area contributed by atoms with Gasteiger partial charge in [-0.05, 0) is 19.3 Å². The quantitative estimate of drug-likeness (QED) is 0.0199. The number of hydrogen-bond donors (Lipinski definition) is 12. The predicted octanol–water partition coefficient (Wildman–Crippen LogP) is 12.8. The molecule has 3 aliphatic heterocycles. The van der Waals surface area contributed by atoms with Gasteiger partial charge in [-0.1, -0.05) is 328 Å². The highest BCUT2D eigenvalue weighted by Gasteiger charge is 2.54. The van der Waals surface area contributed by atoms with Gasteiger partial charge in [0.25, 0.3) is 0 Å². The summed E-state index contributed by atoms with van der Waals surface area (Å²) in [4.78, 5) is 13.5. The van der Waals surface area contributed by atoms with Crippen LogP contribution < -0.4 is 5.32 Å². The summed E-state index contributed by atoms with van der Waals surface area (Å²) in [6.07, 6.45) is 42.0. The summed E-state index contributed by atoms with van der Waals surface area (Å²) in [7, 11) is 0. The second-order valence-corrected chi connectivity index (χ2v) is 28.9. The fourth-order valence-corrected chi connectivity index (χ4v) is 13.9. The van der Waals surface area contributed by atoms with Crippen LogP contribution in [0.4, 0.5) is 0 Å². The first kappa shape index (κ1) is 88.7.